The molecule has 0 bridgehead atoms. The summed E-state index contributed by atoms with van der Waals surface area (Å²) in [6.07, 6.45) is 4.95. The molecule has 0 saturated carbocycles. The van der Waals surface area contributed by atoms with Gasteiger partial charge in [-0.3, -0.25) is 14.8 Å². The van der Waals surface area contributed by atoms with Gasteiger partial charge in [-0.2, -0.15) is 0 Å². The minimum Gasteiger partial charge on any atom is -0.331 e. The minimum atomic E-state index is -0.485. The van der Waals surface area contributed by atoms with E-state index in [9.17, 15) is 4.79 Å². The molecule has 0 spiro atoms. The van der Waals surface area contributed by atoms with E-state index in [1.165, 1.54) is 0 Å². The Hall–Kier alpha value is -1.49. The Labute approximate surface area is 115 Å². The lowest BCUT2D eigenvalue weighted by atomic mass is 10.0. The van der Waals surface area contributed by atoms with Gasteiger partial charge >= 0.3 is 0 Å². The van der Waals surface area contributed by atoms with Crippen molar-refractivity contribution in [2.24, 2.45) is 11.7 Å². The predicted octanol–water partition coefficient (Wildman–Crippen LogP) is 1.76. The fourth-order valence-electron chi connectivity index (χ4n) is 2.02. The van der Waals surface area contributed by atoms with Crippen LogP contribution < -0.4 is 5.73 Å². The smallest absolute Gasteiger partial charge is 0.240 e. The van der Waals surface area contributed by atoms with E-state index < -0.39 is 6.04 Å². The summed E-state index contributed by atoms with van der Waals surface area (Å²) >= 11 is 0. The molecule has 1 rings (SSSR count). The first-order chi connectivity index (χ1) is 8.86. The summed E-state index contributed by atoms with van der Waals surface area (Å²) in [4.78, 5) is 22.6. The minimum absolute atomic E-state index is 0.0387. The van der Waals surface area contributed by atoms with Crippen molar-refractivity contribution in [1.29, 1.82) is 0 Å². The van der Waals surface area contributed by atoms with E-state index in [0.29, 0.717) is 0 Å². The van der Waals surface area contributed by atoms with E-state index in [4.69, 9.17) is 5.73 Å². The number of amides is 1. The molecule has 0 aliphatic rings. The quantitative estimate of drug-likeness (QED) is 0.879. The average Bonchev–Trinajstić information content (AvgIpc) is 2.38. The molecule has 2 N–H and O–H groups in total. The van der Waals surface area contributed by atoms with Crippen molar-refractivity contribution in [2.75, 3.05) is 0 Å². The van der Waals surface area contributed by atoms with Crippen molar-refractivity contribution in [2.45, 2.75) is 52.7 Å². The number of nitrogens with two attached hydrogens (primary N) is 1. The molecule has 0 saturated heterocycles. The Morgan fingerprint density at radius 3 is 2.26 bits per heavy atom. The molecular formula is C14H24N4O. The van der Waals surface area contributed by atoms with E-state index in [-0.39, 0.29) is 23.9 Å². The van der Waals surface area contributed by atoms with Gasteiger partial charge in [-0.1, -0.05) is 13.8 Å². The van der Waals surface area contributed by atoms with Crippen molar-refractivity contribution in [1.82, 2.24) is 14.9 Å². The van der Waals surface area contributed by atoms with Crippen molar-refractivity contribution in [3.8, 4) is 0 Å². The van der Waals surface area contributed by atoms with Crippen molar-refractivity contribution in [3.63, 3.8) is 0 Å². The summed E-state index contributed by atoms with van der Waals surface area (Å²) in [7, 11) is 0. The molecule has 0 aromatic carbocycles. The first-order valence-electron chi connectivity index (χ1n) is 6.70. The van der Waals surface area contributed by atoms with Crippen molar-refractivity contribution >= 4 is 5.91 Å². The van der Waals surface area contributed by atoms with Gasteiger partial charge in [-0.15, -0.1) is 0 Å². The van der Waals surface area contributed by atoms with Gasteiger partial charge in [-0.05, 0) is 26.7 Å². The highest BCUT2D eigenvalue weighted by Crippen LogP contribution is 2.22. The number of nitrogens with zero attached hydrogens (tertiary/aromatic N) is 3. The average molecular weight is 264 g/mol. The van der Waals surface area contributed by atoms with E-state index in [1.807, 2.05) is 34.6 Å². The molecule has 0 fully saturated rings. The summed E-state index contributed by atoms with van der Waals surface area (Å²) in [6, 6.07) is -0.554. The summed E-state index contributed by atoms with van der Waals surface area (Å²) < 4.78 is 0. The molecule has 0 unspecified atom stereocenters. The Bertz CT molecular complexity index is 405. The first-order valence-corrected chi connectivity index (χ1v) is 6.70. The topological polar surface area (TPSA) is 72.1 Å². The molecule has 5 heteroatoms. The molecule has 1 aromatic heterocycles. The summed E-state index contributed by atoms with van der Waals surface area (Å²) in [6.45, 7) is 9.83. The number of hydrogen-bond donors (Lipinski definition) is 1. The molecule has 1 amide bonds. The van der Waals surface area contributed by atoms with Crippen LogP contribution in [0.1, 0.15) is 46.4 Å². The molecule has 0 radical (unpaired) electrons. The number of carbonyl (C=O) groups is 1. The lowest BCUT2D eigenvalue weighted by molar-refractivity contribution is -0.137. The maximum atomic E-state index is 12.5. The first kappa shape index (κ1) is 15.6. The summed E-state index contributed by atoms with van der Waals surface area (Å²) in [5.74, 6) is 0.0750. The van der Waals surface area contributed by atoms with Gasteiger partial charge in [0.05, 0.1) is 24.0 Å². The number of aromatic nitrogens is 2. The van der Waals surface area contributed by atoms with Crippen molar-refractivity contribution < 1.29 is 4.79 Å². The van der Waals surface area contributed by atoms with E-state index in [2.05, 4.69) is 9.97 Å². The van der Waals surface area contributed by atoms with Gasteiger partial charge < -0.3 is 10.6 Å². The molecule has 19 heavy (non-hydrogen) atoms. The zero-order chi connectivity index (χ0) is 14.6. The number of rotatable bonds is 5. The van der Waals surface area contributed by atoms with E-state index >= 15 is 0 Å². The van der Waals surface area contributed by atoms with Crippen LogP contribution >= 0.6 is 0 Å². The lowest BCUT2D eigenvalue weighted by Crippen LogP contribution is -2.50. The molecule has 0 aliphatic heterocycles. The fourth-order valence-corrected chi connectivity index (χ4v) is 2.02. The Morgan fingerprint density at radius 1 is 1.21 bits per heavy atom. The maximum Gasteiger partial charge on any atom is 0.240 e. The monoisotopic (exact) mass is 264 g/mol. The number of hydrogen-bond acceptors (Lipinski definition) is 4. The third kappa shape index (κ3) is 3.73. The zero-order valence-electron chi connectivity index (χ0n) is 12.4. The fraction of sp³-hybridized carbons (Fsp3) is 0.643. The van der Waals surface area contributed by atoms with Gasteiger partial charge in [0.25, 0.3) is 0 Å². The lowest BCUT2D eigenvalue weighted by Gasteiger charge is -2.35. The normalized spacial score (nSPS) is 14.5. The van der Waals surface area contributed by atoms with Crippen LogP contribution in [0, 0.1) is 5.92 Å². The Balaban J connectivity index is 2.98. The largest absolute Gasteiger partial charge is 0.331 e. The second kappa shape index (κ2) is 6.61. The Morgan fingerprint density at radius 2 is 1.84 bits per heavy atom. The van der Waals surface area contributed by atoms with E-state index in [1.54, 1.807) is 23.5 Å². The standard InChI is InChI=1S/C14H24N4O/c1-9(2)13(15)14(19)18(10(3)4)11(5)12-8-16-6-7-17-12/h6-11,13H,15H2,1-5H3/t11-,13+/m1/s1. The third-order valence-electron chi connectivity index (χ3n) is 3.24. The highest BCUT2D eigenvalue weighted by molar-refractivity contribution is 5.82. The van der Waals surface area contributed by atoms with Gasteiger partial charge in [0.2, 0.25) is 5.91 Å². The van der Waals surface area contributed by atoms with E-state index in [0.717, 1.165) is 5.69 Å². The zero-order valence-corrected chi connectivity index (χ0v) is 12.4. The maximum absolute atomic E-state index is 12.5. The third-order valence-corrected chi connectivity index (χ3v) is 3.24. The molecule has 2 atom stereocenters. The van der Waals surface area contributed by atoms with Gasteiger partial charge in [0.15, 0.2) is 0 Å². The van der Waals surface area contributed by atoms with Crippen LogP contribution in [0.4, 0.5) is 0 Å². The number of carbonyl (C=O) groups excluding carboxylic acids is 1. The van der Waals surface area contributed by atoms with Crippen molar-refractivity contribution in [3.05, 3.63) is 24.3 Å². The molecular weight excluding hydrogens is 240 g/mol. The molecule has 0 aliphatic carbocycles. The van der Waals surface area contributed by atoms with Gasteiger partial charge in [0, 0.05) is 18.4 Å². The van der Waals surface area contributed by atoms with Crippen LogP contribution in [0.25, 0.3) is 0 Å². The molecule has 106 valence electrons. The molecule has 1 aromatic rings. The highest BCUT2D eigenvalue weighted by atomic mass is 16.2. The predicted molar refractivity (Wildman–Crippen MR) is 75.2 cm³/mol. The molecule has 5 nitrogen and oxygen atoms in total. The second-order valence-electron chi connectivity index (χ2n) is 5.42. The SMILES string of the molecule is CC(C)[C@H](N)C(=O)N(C(C)C)[C@H](C)c1cnccn1. The van der Waals surface area contributed by atoms with Crippen LogP contribution in [0.3, 0.4) is 0 Å². The van der Waals surface area contributed by atoms with Gasteiger partial charge in [-0.25, -0.2) is 0 Å². The highest BCUT2D eigenvalue weighted by Gasteiger charge is 2.30. The van der Waals surface area contributed by atoms with Gasteiger partial charge in [0.1, 0.15) is 0 Å². The summed E-state index contributed by atoms with van der Waals surface area (Å²) in [5, 5.41) is 0. The second-order valence-corrected chi connectivity index (χ2v) is 5.42. The van der Waals surface area contributed by atoms with Crippen LogP contribution in [-0.4, -0.2) is 32.9 Å². The Kier molecular flexibility index (Phi) is 5.42. The summed E-state index contributed by atoms with van der Waals surface area (Å²) in [5.41, 5.74) is 6.77. The van der Waals surface area contributed by atoms with Crippen LogP contribution in [0.2, 0.25) is 0 Å². The van der Waals surface area contributed by atoms with Crippen LogP contribution in [0.15, 0.2) is 18.6 Å². The molecule has 1 heterocycles. The van der Waals surface area contributed by atoms with Crippen LogP contribution in [0.5, 0.6) is 0 Å². The van der Waals surface area contributed by atoms with Crippen LogP contribution in [-0.2, 0) is 4.79 Å².